The van der Waals surface area contributed by atoms with Gasteiger partial charge < -0.3 is 9.30 Å². The standard InChI is InChI=1S/C15H17NO2S/c1-3-16-14(8-7-12(10-19)15(16)17)11-5-4-6-13(9-11)18-2/h4-9,19H,3,10H2,1-2H3. The minimum absolute atomic E-state index is 0.0258. The molecule has 0 saturated heterocycles. The van der Waals surface area contributed by atoms with E-state index in [9.17, 15) is 4.79 Å². The third kappa shape index (κ3) is 2.68. The summed E-state index contributed by atoms with van der Waals surface area (Å²) < 4.78 is 6.99. The highest BCUT2D eigenvalue weighted by molar-refractivity contribution is 7.79. The number of pyridine rings is 1. The molecule has 1 heterocycles. The highest BCUT2D eigenvalue weighted by Crippen LogP contribution is 2.23. The minimum Gasteiger partial charge on any atom is -0.497 e. The van der Waals surface area contributed by atoms with Crippen molar-refractivity contribution < 1.29 is 4.74 Å². The van der Waals surface area contributed by atoms with Gasteiger partial charge in [-0.05, 0) is 25.1 Å². The van der Waals surface area contributed by atoms with Crippen LogP contribution < -0.4 is 10.3 Å². The first-order valence-corrected chi connectivity index (χ1v) is 6.82. The van der Waals surface area contributed by atoms with Crippen LogP contribution in [0.15, 0.2) is 41.2 Å². The average Bonchev–Trinajstić information content (AvgIpc) is 2.47. The molecule has 0 unspecified atom stereocenters. The zero-order chi connectivity index (χ0) is 13.8. The minimum atomic E-state index is 0.0258. The topological polar surface area (TPSA) is 31.2 Å². The molecule has 19 heavy (non-hydrogen) atoms. The summed E-state index contributed by atoms with van der Waals surface area (Å²) in [6, 6.07) is 11.5. The number of benzene rings is 1. The Balaban J connectivity index is 2.61. The number of thiol groups is 1. The van der Waals surface area contributed by atoms with Crippen molar-refractivity contribution in [2.24, 2.45) is 0 Å². The maximum atomic E-state index is 12.3. The second-order valence-electron chi connectivity index (χ2n) is 4.18. The van der Waals surface area contributed by atoms with Gasteiger partial charge in [0.1, 0.15) is 5.75 Å². The van der Waals surface area contributed by atoms with Crippen LogP contribution in [0.3, 0.4) is 0 Å². The Hall–Kier alpha value is -1.68. The number of methoxy groups -OCH3 is 1. The van der Waals surface area contributed by atoms with Gasteiger partial charge in [0.15, 0.2) is 0 Å². The lowest BCUT2D eigenvalue weighted by Crippen LogP contribution is -2.23. The fourth-order valence-electron chi connectivity index (χ4n) is 2.09. The molecule has 0 aliphatic carbocycles. The van der Waals surface area contributed by atoms with E-state index in [2.05, 4.69) is 12.6 Å². The summed E-state index contributed by atoms with van der Waals surface area (Å²) in [6.45, 7) is 2.60. The number of hydrogen-bond acceptors (Lipinski definition) is 3. The van der Waals surface area contributed by atoms with Crippen LogP contribution in [-0.4, -0.2) is 11.7 Å². The maximum Gasteiger partial charge on any atom is 0.255 e. The number of ether oxygens (including phenoxy) is 1. The maximum absolute atomic E-state index is 12.3. The van der Waals surface area contributed by atoms with E-state index in [4.69, 9.17) is 4.74 Å². The van der Waals surface area contributed by atoms with Gasteiger partial charge in [-0.25, -0.2) is 0 Å². The third-order valence-corrected chi connectivity index (χ3v) is 3.45. The Labute approximate surface area is 118 Å². The summed E-state index contributed by atoms with van der Waals surface area (Å²) in [5, 5.41) is 0. The normalized spacial score (nSPS) is 10.5. The molecule has 0 amide bonds. The lowest BCUT2D eigenvalue weighted by atomic mass is 10.1. The first-order valence-electron chi connectivity index (χ1n) is 6.19. The second kappa shape index (κ2) is 5.97. The van der Waals surface area contributed by atoms with E-state index in [0.29, 0.717) is 12.3 Å². The van der Waals surface area contributed by atoms with Crippen molar-refractivity contribution >= 4 is 12.6 Å². The zero-order valence-corrected chi connectivity index (χ0v) is 12.0. The number of nitrogens with zero attached hydrogens (tertiary/aromatic N) is 1. The number of rotatable bonds is 4. The van der Waals surface area contributed by atoms with E-state index in [1.54, 1.807) is 11.7 Å². The molecular formula is C15H17NO2S. The Bertz CT molecular complexity index is 634. The van der Waals surface area contributed by atoms with Crippen LogP contribution in [0.1, 0.15) is 12.5 Å². The van der Waals surface area contributed by atoms with Gasteiger partial charge in [0.2, 0.25) is 0 Å². The van der Waals surface area contributed by atoms with E-state index >= 15 is 0 Å². The van der Waals surface area contributed by atoms with Gasteiger partial charge in [-0.2, -0.15) is 12.6 Å². The summed E-state index contributed by atoms with van der Waals surface area (Å²) >= 11 is 4.19. The molecule has 0 aliphatic rings. The van der Waals surface area contributed by atoms with Gasteiger partial charge in [0.05, 0.1) is 12.8 Å². The predicted molar refractivity (Wildman–Crippen MR) is 81.1 cm³/mol. The highest BCUT2D eigenvalue weighted by atomic mass is 32.1. The fourth-order valence-corrected chi connectivity index (χ4v) is 2.33. The van der Waals surface area contributed by atoms with Crippen molar-refractivity contribution in [2.45, 2.75) is 19.2 Å². The molecule has 0 fully saturated rings. The molecule has 0 saturated carbocycles. The molecule has 4 heteroatoms. The summed E-state index contributed by atoms with van der Waals surface area (Å²) in [7, 11) is 1.63. The predicted octanol–water partition coefficient (Wildman–Crippen LogP) is 2.97. The number of hydrogen-bond donors (Lipinski definition) is 1. The van der Waals surface area contributed by atoms with Gasteiger partial charge in [-0.15, -0.1) is 0 Å². The first-order chi connectivity index (χ1) is 9.21. The van der Waals surface area contributed by atoms with Crippen molar-refractivity contribution in [3.05, 3.63) is 52.3 Å². The van der Waals surface area contributed by atoms with Crippen molar-refractivity contribution in [3.8, 4) is 17.0 Å². The zero-order valence-electron chi connectivity index (χ0n) is 11.1. The SMILES string of the molecule is CCn1c(-c2cccc(OC)c2)ccc(CS)c1=O. The molecule has 1 aromatic heterocycles. The van der Waals surface area contributed by atoms with Gasteiger partial charge in [-0.3, -0.25) is 4.79 Å². The quantitative estimate of drug-likeness (QED) is 0.870. The summed E-state index contributed by atoms with van der Waals surface area (Å²) in [6.07, 6.45) is 0. The van der Waals surface area contributed by atoms with Gasteiger partial charge >= 0.3 is 0 Å². The molecule has 3 nitrogen and oxygen atoms in total. The fraction of sp³-hybridized carbons (Fsp3) is 0.267. The highest BCUT2D eigenvalue weighted by Gasteiger charge is 2.09. The Morgan fingerprint density at radius 1 is 1.26 bits per heavy atom. The van der Waals surface area contributed by atoms with E-state index < -0.39 is 0 Å². The van der Waals surface area contributed by atoms with Crippen LogP contribution in [0.4, 0.5) is 0 Å². The van der Waals surface area contributed by atoms with Crippen LogP contribution in [0.2, 0.25) is 0 Å². The summed E-state index contributed by atoms with van der Waals surface area (Å²) in [4.78, 5) is 12.3. The summed E-state index contributed by atoms with van der Waals surface area (Å²) in [5.74, 6) is 1.24. The second-order valence-corrected chi connectivity index (χ2v) is 4.50. The summed E-state index contributed by atoms with van der Waals surface area (Å²) in [5.41, 5.74) is 2.62. The molecule has 0 atom stereocenters. The monoisotopic (exact) mass is 275 g/mol. The largest absolute Gasteiger partial charge is 0.497 e. The molecule has 0 radical (unpaired) electrons. The van der Waals surface area contributed by atoms with Crippen molar-refractivity contribution in [2.75, 3.05) is 7.11 Å². The number of aromatic nitrogens is 1. The van der Waals surface area contributed by atoms with Crippen LogP contribution in [0.5, 0.6) is 5.75 Å². The van der Waals surface area contributed by atoms with E-state index in [1.165, 1.54) is 0 Å². The Kier molecular flexibility index (Phi) is 4.32. The van der Waals surface area contributed by atoms with Crippen LogP contribution in [-0.2, 0) is 12.3 Å². The smallest absolute Gasteiger partial charge is 0.255 e. The van der Waals surface area contributed by atoms with Crippen LogP contribution >= 0.6 is 12.6 Å². The third-order valence-electron chi connectivity index (χ3n) is 3.11. The Morgan fingerprint density at radius 3 is 2.68 bits per heavy atom. The lowest BCUT2D eigenvalue weighted by Gasteiger charge is -2.13. The van der Waals surface area contributed by atoms with E-state index in [0.717, 1.165) is 22.6 Å². The van der Waals surface area contributed by atoms with Gasteiger partial charge in [0, 0.05) is 23.4 Å². The molecule has 100 valence electrons. The van der Waals surface area contributed by atoms with Crippen molar-refractivity contribution in [3.63, 3.8) is 0 Å². The molecule has 2 rings (SSSR count). The van der Waals surface area contributed by atoms with Crippen molar-refractivity contribution in [1.82, 2.24) is 4.57 Å². The molecular weight excluding hydrogens is 258 g/mol. The Morgan fingerprint density at radius 2 is 2.05 bits per heavy atom. The first kappa shape index (κ1) is 13.7. The molecule has 0 spiro atoms. The van der Waals surface area contributed by atoms with Crippen LogP contribution in [0, 0.1) is 0 Å². The molecule has 1 aromatic carbocycles. The average molecular weight is 275 g/mol. The lowest BCUT2D eigenvalue weighted by molar-refractivity contribution is 0.415. The van der Waals surface area contributed by atoms with E-state index in [-0.39, 0.29) is 5.56 Å². The molecule has 0 bridgehead atoms. The van der Waals surface area contributed by atoms with Crippen molar-refractivity contribution in [1.29, 1.82) is 0 Å². The van der Waals surface area contributed by atoms with E-state index in [1.807, 2.05) is 43.3 Å². The molecule has 0 N–H and O–H groups in total. The molecule has 0 aliphatic heterocycles. The van der Waals surface area contributed by atoms with Gasteiger partial charge in [-0.1, -0.05) is 18.2 Å². The molecule has 2 aromatic rings. The van der Waals surface area contributed by atoms with Crippen LogP contribution in [0.25, 0.3) is 11.3 Å². The van der Waals surface area contributed by atoms with Gasteiger partial charge in [0.25, 0.3) is 5.56 Å².